The van der Waals surface area contributed by atoms with Crippen LogP contribution in [-0.2, 0) is 6.42 Å². The normalized spacial score (nSPS) is 8.60. The summed E-state index contributed by atoms with van der Waals surface area (Å²) < 4.78 is 2.09. The molecule has 2 heteroatoms. The monoisotopic (exact) mass is 206 g/mol. The smallest absolute Gasteiger partial charge is 0.0634 e. The van der Waals surface area contributed by atoms with Crippen LogP contribution in [0.5, 0.6) is 0 Å². The Morgan fingerprint density at radius 2 is 1.87 bits per heavy atom. The first-order valence-electron chi connectivity index (χ1n) is 5.82. The number of hydrogen-bond acceptors (Lipinski definition) is 1. The topological polar surface area (TPSA) is 17.3 Å². The van der Waals surface area contributed by atoms with Crippen LogP contribution in [-0.4, -0.2) is 9.38 Å². The van der Waals surface area contributed by atoms with Crippen LogP contribution in [0.3, 0.4) is 0 Å². The van der Waals surface area contributed by atoms with Crippen molar-refractivity contribution in [1.29, 1.82) is 0 Å². The third-order valence-electron chi connectivity index (χ3n) is 1.82. The van der Waals surface area contributed by atoms with E-state index in [0.29, 0.717) is 0 Å². The number of nitrogens with zero attached hydrogens (tertiary/aromatic N) is 2. The molecule has 0 atom stereocenters. The molecule has 0 aliphatic carbocycles. The van der Waals surface area contributed by atoms with E-state index in [1.54, 1.807) is 0 Å². The molecule has 2 heterocycles. The lowest BCUT2D eigenvalue weighted by molar-refractivity contribution is 0.986. The lowest BCUT2D eigenvalue weighted by Gasteiger charge is -1.96. The Kier molecular flexibility index (Phi) is 7.33. The summed E-state index contributed by atoms with van der Waals surface area (Å²) in [4.78, 5) is 4.28. The van der Waals surface area contributed by atoms with Gasteiger partial charge in [0.05, 0.1) is 17.4 Å². The first-order chi connectivity index (χ1) is 7.40. The Labute approximate surface area is 93.0 Å². The third-order valence-corrected chi connectivity index (χ3v) is 1.82. The zero-order valence-corrected chi connectivity index (χ0v) is 10.5. The van der Waals surface area contributed by atoms with Crippen LogP contribution in [0.25, 0.3) is 5.52 Å². The Morgan fingerprint density at radius 1 is 1.20 bits per heavy atom. The molecule has 0 N–H and O–H groups in total. The van der Waals surface area contributed by atoms with Crippen LogP contribution in [0.1, 0.15) is 40.3 Å². The van der Waals surface area contributed by atoms with Gasteiger partial charge in [-0.25, -0.2) is 0 Å². The minimum absolute atomic E-state index is 0.994. The molecule has 0 saturated heterocycles. The first kappa shape index (κ1) is 13.7. The van der Waals surface area contributed by atoms with Crippen LogP contribution in [0.4, 0.5) is 0 Å². The molecule has 0 aliphatic heterocycles. The van der Waals surface area contributed by atoms with E-state index in [0.717, 1.165) is 17.6 Å². The predicted molar refractivity (Wildman–Crippen MR) is 67.3 cm³/mol. The van der Waals surface area contributed by atoms with Gasteiger partial charge < -0.3 is 4.40 Å². The van der Waals surface area contributed by atoms with E-state index < -0.39 is 0 Å². The van der Waals surface area contributed by atoms with Crippen LogP contribution in [0, 0.1) is 0 Å². The zero-order chi connectivity index (χ0) is 11.7. The van der Waals surface area contributed by atoms with Crippen molar-refractivity contribution in [2.75, 3.05) is 0 Å². The van der Waals surface area contributed by atoms with Crippen molar-refractivity contribution < 1.29 is 0 Å². The molecule has 0 radical (unpaired) electrons. The summed E-state index contributed by atoms with van der Waals surface area (Å²) in [6, 6.07) is 4.07. The Hall–Kier alpha value is -1.31. The molecule has 84 valence electrons. The van der Waals surface area contributed by atoms with Crippen LogP contribution >= 0.6 is 0 Å². The van der Waals surface area contributed by atoms with Crippen molar-refractivity contribution in [1.82, 2.24) is 9.38 Å². The van der Waals surface area contributed by atoms with Crippen LogP contribution in [0.2, 0.25) is 0 Å². The highest BCUT2D eigenvalue weighted by Gasteiger charge is 1.92. The maximum absolute atomic E-state index is 4.28. The SMILES string of the molecule is CC.CC.CCc1cn2cccc2cn1. The summed E-state index contributed by atoms with van der Waals surface area (Å²) in [6.07, 6.45) is 7.00. The molecule has 0 bridgehead atoms. The molecule has 0 saturated carbocycles. The molecule has 0 aliphatic rings. The van der Waals surface area contributed by atoms with Gasteiger partial charge in [0, 0.05) is 12.4 Å². The van der Waals surface area contributed by atoms with Crippen molar-refractivity contribution in [3.05, 3.63) is 36.4 Å². The van der Waals surface area contributed by atoms with Gasteiger partial charge in [-0.3, -0.25) is 4.98 Å². The highest BCUT2D eigenvalue weighted by Crippen LogP contribution is 2.03. The fraction of sp³-hybridized carbons (Fsp3) is 0.462. The van der Waals surface area contributed by atoms with Crippen molar-refractivity contribution in [3.63, 3.8) is 0 Å². The minimum atomic E-state index is 0.994. The van der Waals surface area contributed by atoms with Gasteiger partial charge in [0.25, 0.3) is 0 Å². The Morgan fingerprint density at radius 3 is 2.47 bits per heavy atom. The van der Waals surface area contributed by atoms with Gasteiger partial charge in [0.15, 0.2) is 0 Å². The summed E-state index contributed by atoms with van der Waals surface area (Å²) in [5, 5.41) is 0. The summed E-state index contributed by atoms with van der Waals surface area (Å²) in [5.41, 5.74) is 2.29. The molecule has 2 nitrogen and oxygen atoms in total. The molecule has 2 rings (SSSR count). The number of fused-ring (bicyclic) bond motifs is 1. The summed E-state index contributed by atoms with van der Waals surface area (Å²) >= 11 is 0. The van der Waals surface area contributed by atoms with Gasteiger partial charge in [-0.2, -0.15) is 0 Å². The van der Waals surface area contributed by atoms with E-state index >= 15 is 0 Å². The van der Waals surface area contributed by atoms with E-state index in [-0.39, 0.29) is 0 Å². The summed E-state index contributed by atoms with van der Waals surface area (Å²) in [6.45, 7) is 10.1. The van der Waals surface area contributed by atoms with E-state index in [1.165, 1.54) is 0 Å². The highest BCUT2D eigenvalue weighted by molar-refractivity contribution is 5.44. The number of aromatic nitrogens is 2. The lowest BCUT2D eigenvalue weighted by Crippen LogP contribution is -1.90. The summed E-state index contributed by atoms with van der Waals surface area (Å²) in [7, 11) is 0. The molecule has 0 amide bonds. The first-order valence-corrected chi connectivity index (χ1v) is 5.82. The molecule has 0 fully saturated rings. The fourth-order valence-corrected chi connectivity index (χ4v) is 1.16. The second-order valence-corrected chi connectivity index (χ2v) is 2.57. The largest absolute Gasteiger partial charge is 0.321 e. The summed E-state index contributed by atoms with van der Waals surface area (Å²) in [5.74, 6) is 0. The molecule has 0 spiro atoms. The molecule has 15 heavy (non-hydrogen) atoms. The predicted octanol–water partition coefficient (Wildman–Crippen LogP) is 3.95. The number of aryl methyl sites for hydroxylation is 1. The maximum atomic E-state index is 4.28. The van der Waals surface area contributed by atoms with Gasteiger partial charge >= 0.3 is 0 Å². The average Bonchev–Trinajstić information content (AvgIpc) is 2.81. The second-order valence-electron chi connectivity index (χ2n) is 2.57. The van der Waals surface area contributed by atoms with E-state index in [4.69, 9.17) is 0 Å². The molecule has 0 aromatic carbocycles. The third kappa shape index (κ3) is 3.74. The molecule has 0 unspecified atom stereocenters. The minimum Gasteiger partial charge on any atom is -0.321 e. The van der Waals surface area contributed by atoms with Gasteiger partial charge in [-0.1, -0.05) is 34.6 Å². The Bertz CT molecular complexity index is 363. The fourth-order valence-electron chi connectivity index (χ4n) is 1.16. The molecule has 2 aromatic heterocycles. The van der Waals surface area contributed by atoms with Crippen LogP contribution < -0.4 is 0 Å². The van der Waals surface area contributed by atoms with Crippen LogP contribution in [0.15, 0.2) is 30.7 Å². The molecular weight excluding hydrogens is 184 g/mol. The molecular formula is C13H22N2. The van der Waals surface area contributed by atoms with Crippen molar-refractivity contribution in [2.45, 2.75) is 41.0 Å². The van der Waals surface area contributed by atoms with E-state index in [1.807, 2.05) is 52.2 Å². The van der Waals surface area contributed by atoms with Crippen molar-refractivity contribution in [3.8, 4) is 0 Å². The lowest BCUT2D eigenvalue weighted by atomic mass is 10.3. The van der Waals surface area contributed by atoms with E-state index in [9.17, 15) is 0 Å². The van der Waals surface area contributed by atoms with Gasteiger partial charge in [0.2, 0.25) is 0 Å². The number of rotatable bonds is 1. The van der Waals surface area contributed by atoms with Gasteiger partial charge in [0.1, 0.15) is 0 Å². The van der Waals surface area contributed by atoms with Gasteiger partial charge in [-0.15, -0.1) is 0 Å². The second kappa shape index (κ2) is 8.04. The van der Waals surface area contributed by atoms with Crippen molar-refractivity contribution >= 4 is 5.52 Å². The maximum Gasteiger partial charge on any atom is 0.0634 e. The quantitative estimate of drug-likeness (QED) is 0.690. The molecule has 2 aromatic rings. The van der Waals surface area contributed by atoms with Gasteiger partial charge in [-0.05, 0) is 18.6 Å². The van der Waals surface area contributed by atoms with E-state index in [2.05, 4.69) is 22.5 Å². The zero-order valence-electron chi connectivity index (χ0n) is 10.5. The van der Waals surface area contributed by atoms with Crippen molar-refractivity contribution in [2.24, 2.45) is 0 Å². The average molecular weight is 206 g/mol. The standard InChI is InChI=1S/C9H10N2.2C2H6/c1-2-8-7-11-5-3-4-9(11)6-10-8;2*1-2/h3-7H,2H2,1H3;2*1-2H3. The Balaban J connectivity index is 0.000000442. The highest BCUT2D eigenvalue weighted by atomic mass is 14.9. The number of hydrogen-bond donors (Lipinski definition) is 0.